The molecule has 0 fully saturated rings. The summed E-state index contributed by atoms with van der Waals surface area (Å²) in [4.78, 5) is 0.695. The number of rotatable bonds is 5. The van der Waals surface area contributed by atoms with Gasteiger partial charge in [-0.3, -0.25) is 0 Å². The molecule has 4 heteroatoms. The molecule has 2 heterocycles. The number of sulfone groups is 1. The van der Waals surface area contributed by atoms with Crippen LogP contribution in [0.1, 0.15) is 22.3 Å². The van der Waals surface area contributed by atoms with Crippen molar-refractivity contribution < 1.29 is 8.42 Å². The number of hydrogen-bond donors (Lipinski definition) is 0. The van der Waals surface area contributed by atoms with Crippen LogP contribution in [0.3, 0.4) is 0 Å². The predicted octanol–water partition coefficient (Wildman–Crippen LogP) is 11.6. The van der Waals surface area contributed by atoms with E-state index in [1.165, 1.54) is 0 Å². The second-order valence-electron chi connectivity index (χ2n) is 13.7. The lowest BCUT2D eigenvalue weighted by Gasteiger charge is -2.42. The highest BCUT2D eigenvalue weighted by Gasteiger charge is 2.49. The first kappa shape index (κ1) is 31.3. The first-order valence-electron chi connectivity index (χ1n) is 17.9. The van der Waals surface area contributed by atoms with Crippen LogP contribution in [0.25, 0.3) is 49.7 Å². The molecule has 1 aliphatic rings. The molecule has 9 aromatic rings. The summed E-state index contributed by atoms with van der Waals surface area (Å²) in [7, 11) is -3.99. The standard InChI is InChI=1S/C49H33NO2S/c51-53(52)46-28-16-14-26-42(46)49(38-21-9-3-10-22-38,39-23-11-4-12-24-39)43-29-30-45-47(48(43)53)41-25-13-15-27-44(41)50(45)40-32-36(34-17-5-1-6-18-34)31-37(33-40)35-19-7-2-8-20-35/h1-33H. The molecule has 53 heavy (non-hydrogen) atoms. The quantitative estimate of drug-likeness (QED) is 0.179. The monoisotopic (exact) mass is 699 g/mol. The summed E-state index contributed by atoms with van der Waals surface area (Å²) in [6.07, 6.45) is 0. The minimum absolute atomic E-state index is 0.335. The van der Waals surface area contributed by atoms with Crippen molar-refractivity contribution in [2.24, 2.45) is 0 Å². The Morgan fingerprint density at radius 2 is 0.925 bits per heavy atom. The second-order valence-corrected chi connectivity index (χ2v) is 15.5. The molecule has 0 radical (unpaired) electrons. The number of aromatic nitrogens is 1. The van der Waals surface area contributed by atoms with Crippen LogP contribution in [0, 0.1) is 0 Å². The van der Waals surface area contributed by atoms with Crippen LogP contribution in [-0.4, -0.2) is 13.0 Å². The highest BCUT2D eigenvalue weighted by Crippen LogP contribution is 2.56. The first-order valence-corrected chi connectivity index (χ1v) is 19.3. The van der Waals surface area contributed by atoms with Crippen molar-refractivity contribution in [1.29, 1.82) is 0 Å². The van der Waals surface area contributed by atoms with Crippen LogP contribution in [0.5, 0.6) is 0 Å². The normalized spacial score (nSPS) is 14.1. The zero-order valence-electron chi connectivity index (χ0n) is 28.7. The smallest absolute Gasteiger partial charge is 0.207 e. The lowest BCUT2D eigenvalue weighted by molar-refractivity contribution is 0.580. The summed E-state index contributed by atoms with van der Waals surface area (Å²) in [6.45, 7) is 0. The van der Waals surface area contributed by atoms with Gasteiger partial charge in [0.25, 0.3) is 0 Å². The average Bonchev–Trinajstić information content (AvgIpc) is 3.57. The van der Waals surface area contributed by atoms with E-state index in [0.717, 1.165) is 72.0 Å². The lowest BCUT2D eigenvalue weighted by Crippen LogP contribution is -2.37. The number of fused-ring (bicyclic) bond motifs is 6. The Morgan fingerprint density at radius 1 is 0.415 bits per heavy atom. The molecule has 0 atom stereocenters. The zero-order valence-corrected chi connectivity index (χ0v) is 29.5. The Bertz CT molecular complexity index is 2840. The Labute approximate surface area is 309 Å². The summed E-state index contributed by atoms with van der Waals surface area (Å²) in [6, 6.07) is 68.2. The molecule has 0 amide bonds. The van der Waals surface area contributed by atoms with E-state index >= 15 is 8.42 Å². The van der Waals surface area contributed by atoms with E-state index in [9.17, 15) is 0 Å². The van der Waals surface area contributed by atoms with E-state index in [1.54, 1.807) is 6.07 Å². The predicted molar refractivity (Wildman–Crippen MR) is 215 cm³/mol. The van der Waals surface area contributed by atoms with Crippen molar-refractivity contribution in [3.63, 3.8) is 0 Å². The van der Waals surface area contributed by atoms with Crippen LogP contribution in [0.4, 0.5) is 0 Å². The van der Waals surface area contributed by atoms with Gasteiger partial charge in [0, 0.05) is 16.5 Å². The molecule has 0 N–H and O–H groups in total. The molecule has 3 nitrogen and oxygen atoms in total. The van der Waals surface area contributed by atoms with Gasteiger partial charge in [-0.2, -0.15) is 0 Å². The third-order valence-corrected chi connectivity index (χ3v) is 12.7. The van der Waals surface area contributed by atoms with Gasteiger partial charge < -0.3 is 4.57 Å². The Morgan fingerprint density at radius 3 is 1.53 bits per heavy atom. The SMILES string of the molecule is O=S1(=O)c2ccccc2C(c2ccccc2)(c2ccccc2)c2ccc3c(c21)c1ccccc1n3-c1cc(-c2ccccc2)cc(-c2ccccc2)c1. The van der Waals surface area contributed by atoms with Gasteiger partial charge in [0.1, 0.15) is 0 Å². The van der Waals surface area contributed by atoms with Crippen molar-refractivity contribution in [2.75, 3.05) is 0 Å². The van der Waals surface area contributed by atoms with Gasteiger partial charge in [0.05, 0.1) is 26.2 Å². The van der Waals surface area contributed by atoms with Gasteiger partial charge >= 0.3 is 0 Å². The number of nitrogens with zero attached hydrogens (tertiary/aromatic N) is 1. The molecular weight excluding hydrogens is 667 g/mol. The zero-order chi connectivity index (χ0) is 35.6. The van der Waals surface area contributed by atoms with Crippen molar-refractivity contribution in [3.05, 3.63) is 222 Å². The van der Waals surface area contributed by atoms with Crippen LogP contribution in [0.15, 0.2) is 210 Å². The van der Waals surface area contributed by atoms with E-state index in [4.69, 9.17) is 0 Å². The number of hydrogen-bond acceptors (Lipinski definition) is 2. The van der Waals surface area contributed by atoms with E-state index in [-0.39, 0.29) is 0 Å². The van der Waals surface area contributed by atoms with Crippen molar-refractivity contribution >= 4 is 31.6 Å². The summed E-state index contributed by atoms with van der Waals surface area (Å²) in [5.41, 5.74) is 9.79. The fourth-order valence-corrected chi connectivity index (χ4v) is 10.6. The van der Waals surface area contributed by atoms with Crippen molar-refractivity contribution in [3.8, 4) is 27.9 Å². The van der Waals surface area contributed by atoms with E-state index in [2.05, 4.69) is 120 Å². The van der Waals surface area contributed by atoms with Crippen LogP contribution in [-0.2, 0) is 15.3 Å². The summed E-state index contributed by atoms with van der Waals surface area (Å²) in [5, 5.41) is 1.62. The molecule has 10 rings (SSSR count). The fourth-order valence-electron chi connectivity index (χ4n) is 8.65. The Kier molecular flexibility index (Phi) is 7.11. The van der Waals surface area contributed by atoms with E-state index in [1.807, 2.05) is 78.9 Å². The van der Waals surface area contributed by atoms with Gasteiger partial charge in [-0.25, -0.2) is 8.42 Å². The molecule has 1 aromatic heterocycles. The van der Waals surface area contributed by atoms with Crippen molar-refractivity contribution in [2.45, 2.75) is 15.2 Å². The molecule has 1 aliphatic heterocycles. The van der Waals surface area contributed by atoms with Crippen LogP contribution in [0.2, 0.25) is 0 Å². The summed E-state index contributed by atoms with van der Waals surface area (Å²) < 4.78 is 32.9. The third kappa shape index (κ3) is 4.62. The molecule has 0 unspecified atom stereocenters. The highest BCUT2D eigenvalue weighted by atomic mass is 32.2. The largest absolute Gasteiger partial charge is 0.309 e. The minimum atomic E-state index is -3.99. The maximum atomic E-state index is 15.3. The van der Waals surface area contributed by atoms with Crippen LogP contribution >= 0.6 is 0 Å². The summed E-state index contributed by atoms with van der Waals surface area (Å²) >= 11 is 0. The minimum Gasteiger partial charge on any atom is -0.309 e. The Hall–Kier alpha value is -6.49. The molecule has 0 aliphatic carbocycles. The molecule has 0 bridgehead atoms. The van der Waals surface area contributed by atoms with Gasteiger partial charge in [-0.1, -0.05) is 164 Å². The first-order chi connectivity index (χ1) is 26.1. The highest BCUT2D eigenvalue weighted by molar-refractivity contribution is 7.92. The molecular formula is C49H33NO2S. The van der Waals surface area contributed by atoms with Crippen molar-refractivity contribution in [1.82, 2.24) is 4.57 Å². The molecule has 252 valence electrons. The third-order valence-electron chi connectivity index (χ3n) is 10.8. The number of para-hydroxylation sites is 1. The topological polar surface area (TPSA) is 39.1 Å². The van der Waals surface area contributed by atoms with Gasteiger partial charge in [0.2, 0.25) is 9.84 Å². The molecule has 8 aromatic carbocycles. The Balaban J connectivity index is 1.36. The van der Waals surface area contributed by atoms with Gasteiger partial charge in [-0.15, -0.1) is 0 Å². The molecule has 0 saturated heterocycles. The molecule has 0 saturated carbocycles. The second kappa shape index (κ2) is 12.0. The maximum absolute atomic E-state index is 15.3. The van der Waals surface area contributed by atoms with E-state index < -0.39 is 15.3 Å². The average molecular weight is 700 g/mol. The van der Waals surface area contributed by atoms with Gasteiger partial charge in [0.15, 0.2) is 0 Å². The maximum Gasteiger partial charge on any atom is 0.207 e. The van der Waals surface area contributed by atoms with E-state index in [0.29, 0.717) is 9.79 Å². The summed E-state index contributed by atoms with van der Waals surface area (Å²) in [5.74, 6) is 0. The number of benzene rings is 8. The fraction of sp³-hybridized carbons (Fsp3) is 0.0204. The van der Waals surface area contributed by atoms with Gasteiger partial charge in [-0.05, 0) is 80.9 Å². The van der Waals surface area contributed by atoms with Crippen LogP contribution < -0.4 is 0 Å². The lowest BCUT2D eigenvalue weighted by atomic mass is 9.64. The molecule has 0 spiro atoms.